The lowest BCUT2D eigenvalue weighted by Gasteiger charge is -2.13. The van der Waals surface area contributed by atoms with Gasteiger partial charge in [-0.05, 0) is 87.3 Å². The highest BCUT2D eigenvalue weighted by Crippen LogP contribution is 2.36. The summed E-state index contributed by atoms with van der Waals surface area (Å²) in [6.45, 7) is 10.6. The van der Waals surface area contributed by atoms with Crippen LogP contribution >= 0.6 is 11.8 Å². The molecular weight excluding hydrogens is 452 g/mol. The molecule has 180 valence electrons. The Balaban J connectivity index is 1.87. The molecule has 0 atom stereocenters. The van der Waals surface area contributed by atoms with Crippen LogP contribution in [-0.4, -0.2) is 48.3 Å². The highest BCUT2D eigenvalue weighted by molar-refractivity contribution is 8.18. The maximum absolute atomic E-state index is 13.1. The Bertz CT molecular complexity index is 1130. The Kier molecular flexibility index (Phi) is 8.76. The number of esters is 1. The maximum Gasteiger partial charge on any atom is 0.344 e. The molecule has 0 N–H and O–H groups in total. The Hall–Kier alpha value is -3.26. The number of thioether (sulfide) groups is 1. The van der Waals surface area contributed by atoms with Crippen molar-refractivity contribution in [2.75, 3.05) is 26.4 Å². The number of amidine groups is 1. The Labute approximate surface area is 204 Å². The van der Waals surface area contributed by atoms with Gasteiger partial charge in [0.1, 0.15) is 0 Å². The molecule has 1 aliphatic heterocycles. The fourth-order valence-corrected chi connectivity index (χ4v) is 4.36. The molecule has 0 aromatic heterocycles. The molecule has 7 nitrogen and oxygen atoms in total. The van der Waals surface area contributed by atoms with E-state index in [0.717, 1.165) is 22.4 Å². The Morgan fingerprint density at radius 1 is 1.03 bits per heavy atom. The van der Waals surface area contributed by atoms with Gasteiger partial charge in [-0.2, -0.15) is 0 Å². The van der Waals surface area contributed by atoms with Crippen molar-refractivity contribution in [3.05, 3.63) is 58.0 Å². The van der Waals surface area contributed by atoms with Crippen molar-refractivity contribution in [1.29, 1.82) is 0 Å². The van der Waals surface area contributed by atoms with Gasteiger partial charge in [-0.1, -0.05) is 18.2 Å². The molecular formula is C26H30N2O5S. The van der Waals surface area contributed by atoms with Crippen molar-refractivity contribution >= 4 is 40.6 Å². The lowest BCUT2D eigenvalue weighted by Crippen LogP contribution is -2.28. The van der Waals surface area contributed by atoms with Crippen LogP contribution in [0.4, 0.5) is 5.69 Å². The van der Waals surface area contributed by atoms with Crippen LogP contribution < -0.4 is 9.47 Å². The van der Waals surface area contributed by atoms with E-state index in [0.29, 0.717) is 41.3 Å². The van der Waals surface area contributed by atoms with Crippen LogP contribution in [0, 0.1) is 13.8 Å². The summed E-state index contributed by atoms with van der Waals surface area (Å²) in [6, 6.07) is 11.4. The van der Waals surface area contributed by atoms with Crippen molar-refractivity contribution < 1.29 is 23.8 Å². The van der Waals surface area contributed by atoms with E-state index >= 15 is 0 Å². The highest BCUT2D eigenvalue weighted by atomic mass is 32.2. The fraction of sp³-hybridized carbons (Fsp3) is 0.346. The zero-order valence-corrected chi connectivity index (χ0v) is 21.0. The van der Waals surface area contributed by atoms with Gasteiger partial charge in [-0.25, -0.2) is 9.79 Å². The average Bonchev–Trinajstić information content (AvgIpc) is 3.10. The molecule has 34 heavy (non-hydrogen) atoms. The summed E-state index contributed by atoms with van der Waals surface area (Å²) < 4.78 is 16.2. The first-order valence-electron chi connectivity index (χ1n) is 11.3. The molecule has 1 heterocycles. The molecule has 0 bridgehead atoms. The van der Waals surface area contributed by atoms with Crippen LogP contribution in [0.1, 0.15) is 37.5 Å². The molecule has 0 spiro atoms. The smallest absolute Gasteiger partial charge is 0.344 e. The molecule has 1 aliphatic rings. The van der Waals surface area contributed by atoms with Crippen molar-refractivity contribution in [3.8, 4) is 11.5 Å². The number of aliphatic imine (C=N–C) groups is 1. The third-order valence-electron chi connectivity index (χ3n) is 5.00. The minimum Gasteiger partial charge on any atom is -0.490 e. The number of likely N-dealkylation sites (N-methyl/N-ethyl adjacent to an activating group) is 1. The number of aryl methyl sites for hydroxylation is 2. The van der Waals surface area contributed by atoms with Gasteiger partial charge in [0.25, 0.3) is 5.91 Å². The number of carbonyl (C=O) groups excluding carboxylic acids is 2. The van der Waals surface area contributed by atoms with Crippen molar-refractivity contribution in [1.82, 2.24) is 4.90 Å². The predicted molar refractivity (Wildman–Crippen MR) is 136 cm³/mol. The summed E-state index contributed by atoms with van der Waals surface area (Å²) in [5.41, 5.74) is 3.81. The van der Waals surface area contributed by atoms with E-state index in [1.54, 1.807) is 24.0 Å². The predicted octanol–water partition coefficient (Wildman–Crippen LogP) is 5.27. The van der Waals surface area contributed by atoms with Gasteiger partial charge < -0.3 is 14.2 Å². The SMILES string of the molecule is CCOC(=O)COc1ccc(C=C2SC(=Nc3cc(C)ccc3C)N(CC)C2=O)cc1OCC. The maximum atomic E-state index is 13.1. The summed E-state index contributed by atoms with van der Waals surface area (Å²) in [7, 11) is 0. The summed E-state index contributed by atoms with van der Waals surface area (Å²) in [4.78, 5) is 31.7. The lowest BCUT2D eigenvalue weighted by molar-refractivity contribution is -0.145. The normalized spacial score (nSPS) is 15.8. The van der Waals surface area contributed by atoms with Crippen molar-refractivity contribution in [3.63, 3.8) is 0 Å². The van der Waals surface area contributed by atoms with Crippen LogP contribution in [0.5, 0.6) is 11.5 Å². The standard InChI is InChI=1S/C26H30N2O5S/c1-6-28-25(30)23(34-26(28)27-20-13-17(4)9-10-18(20)5)15-19-11-12-21(22(14-19)31-7-2)33-16-24(29)32-8-3/h9-15H,6-8,16H2,1-5H3. The fourth-order valence-electron chi connectivity index (χ4n) is 3.31. The van der Waals surface area contributed by atoms with Gasteiger partial charge in [-0.15, -0.1) is 0 Å². The molecule has 0 radical (unpaired) electrons. The Morgan fingerprint density at radius 3 is 2.53 bits per heavy atom. The second-order valence-electron chi connectivity index (χ2n) is 7.58. The van der Waals surface area contributed by atoms with Gasteiger partial charge in [0, 0.05) is 6.54 Å². The molecule has 1 saturated heterocycles. The molecule has 0 saturated carbocycles. The number of ether oxygens (including phenoxy) is 3. The largest absolute Gasteiger partial charge is 0.490 e. The lowest BCUT2D eigenvalue weighted by atomic mass is 10.1. The molecule has 3 rings (SSSR count). The first-order valence-corrected chi connectivity index (χ1v) is 12.1. The number of carbonyl (C=O) groups is 2. The average molecular weight is 483 g/mol. The molecule has 0 aliphatic carbocycles. The summed E-state index contributed by atoms with van der Waals surface area (Å²) in [6.07, 6.45) is 1.82. The Morgan fingerprint density at radius 2 is 1.82 bits per heavy atom. The first-order chi connectivity index (χ1) is 16.4. The number of hydrogen-bond acceptors (Lipinski definition) is 7. The minimum absolute atomic E-state index is 0.0860. The molecule has 2 aromatic carbocycles. The highest BCUT2D eigenvalue weighted by Gasteiger charge is 2.32. The number of benzene rings is 2. The number of rotatable bonds is 9. The van der Waals surface area contributed by atoms with Gasteiger partial charge in [0.2, 0.25) is 0 Å². The van der Waals surface area contributed by atoms with Crippen molar-refractivity contribution in [2.45, 2.75) is 34.6 Å². The minimum atomic E-state index is -0.445. The first kappa shape index (κ1) is 25.4. The summed E-state index contributed by atoms with van der Waals surface area (Å²) in [5.74, 6) is 0.402. The number of amides is 1. The molecule has 1 amide bonds. The zero-order valence-electron chi connectivity index (χ0n) is 20.2. The van der Waals surface area contributed by atoms with E-state index in [4.69, 9.17) is 19.2 Å². The third-order valence-corrected chi connectivity index (χ3v) is 6.01. The molecule has 0 unspecified atom stereocenters. The zero-order chi connectivity index (χ0) is 24.7. The number of hydrogen-bond donors (Lipinski definition) is 0. The van der Waals surface area contributed by atoms with E-state index in [-0.39, 0.29) is 12.5 Å². The molecule has 2 aromatic rings. The molecule has 8 heteroatoms. The van der Waals surface area contributed by atoms with E-state index in [1.807, 2.05) is 58.0 Å². The third kappa shape index (κ3) is 6.20. The van der Waals surface area contributed by atoms with Crippen LogP contribution in [0.25, 0.3) is 6.08 Å². The van der Waals surface area contributed by atoms with E-state index < -0.39 is 5.97 Å². The van der Waals surface area contributed by atoms with Gasteiger partial charge in [-0.3, -0.25) is 9.69 Å². The quantitative estimate of drug-likeness (QED) is 0.358. The second-order valence-corrected chi connectivity index (χ2v) is 8.59. The monoisotopic (exact) mass is 482 g/mol. The van der Waals surface area contributed by atoms with E-state index in [1.165, 1.54) is 11.8 Å². The van der Waals surface area contributed by atoms with Crippen LogP contribution in [0.15, 0.2) is 46.3 Å². The number of nitrogens with zero attached hydrogens (tertiary/aromatic N) is 2. The van der Waals surface area contributed by atoms with Crippen LogP contribution in [-0.2, 0) is 14.3 Å². The van der Waals surface area contributed by atoms with Crippen LogP contribution in [0.2, 0.25) is 0 Å². The van der Waals surface area contributed by atoms with Gasteiger partial charge in [0.15, 0.2) is 23.3 Å². The van der Waals surface area contributed by atoms with Gasteiger partial charge >= 0.3 is 5.97 Å². The van der Waals surface area contributed by atoms with E-state index in [2.05, 4.69) is 0 Å². The molecule has 1 fully saturated rings. The van der Waals surface area contributed by atoms with Crippen LogP contribution in [0.3, 0.4) is 0 Å². The topological polar surface area (TPSA) is 77.4 Å². The summed E-state index contributed by atoms with van der Waals surface area (Å²) >= 11 is 1.35. The van der Waals surface area contributed by atoms with Gasteiger partial charge in [0.05, 0.1) is 23.8 Å². The van der Waals surface area contributed by atoms with Crippen molar-refractivity contribution in [2.24, 2.45) is 4.99 Å². The second kappa shape index (κ2) is 11.7. The summed E-state index contributed by atoms with van der Waals surface area (Å²) in [5, 5.41) is 0.659. The van der Waals surface area contributed by atoms with E-state index in [9.17, 15) is 9.59 Å².